The second-order valence-electron chi connectivity index (χ2n) is 7.69. The molecule has 0 atom stereocenters. The average molecular weight is 552 g/mol. The van der Waals surface area contributed by atoms with Crippen LogP contribution in [0.3, 0.4) is 0 Å². The fourth-order valence-electron chi connectivity index (χ4n) is 3.71. The van der Waals surface area contributed by atoms with Crippen molar-refractivity contribution in [2.24, 2.45) is 5.92 Å². The smallest absolute Gasteiger partial charge is 0.274 e. The average Bonchev–Trinajstić information content (AvgIpc) is 3.18. The van der Waals surface area contributed by atoms with Crippen molar-refractivity contribution >= 4 is 62.3 Å². The Kier molecular flexibility index (Phi) is 7.33. The molecule has 8 nitrogen and oxygen atoms in total. The van der Waals surface area contributed by atoms with E-state index in [2.05, 4.69) is 42.0 Å². The molecule has 1 aromatic carbocycles. The highest BCUT2D eigenvalue weighted by Crippen LogP contribution is 2.32. The summed E-state index contributed by atoms with van der Waals surface area (Å²) in [6.07, 6.45) is 3.08. The molecule has 1 saturated heterocycles. The van der Waals surface area contributed by atoms with Crippen LogP contribution in [-0.4, -0.2) is 39.7 Å². The molecule has 0 saturated carbocycles. The third-order valence-electron chi connectivity index (χ3n) is 5.36. The number of anilines is 2. The van der Waals surface area contributed by atoms with Gasteiger partial charge in [0, 0.05) is 23.2 Å². The summed E-state index contributed by atoms with van der Waals surface area (Å²) >= 11 is 15.8. The Bertz CT molecular complexity index is 1210. The fraction of sp³-hybridized carbons (Fsp3) is 0.273. The van der Waals surface area contributed by atoms with E-state index in [-0.39, 0.29) is 17.5 Å². The molecular formula is C22H21BrCl2N6O2. The second kappa shape index (κ2) is 10.2. The number of piperidine rings is 1. The predicted octanol–water partition coefficient (Wildman–Crippen LogP) is 4.84. The van der Waals surface area contributed by atoms with Crippen LogP contribution in [0.25, 0.3) is 5.82 Å². The topological polar surface area (TPSA) is 101 Å². The summed E-state index contributed by atoms with van der Waals surface area (Å²) in [4.78, 5) is 30.4. The summed E-state index contributed by atoms with van der Waals surface area (Å²) in [6.45, 7) is 3.40. The number of halogens is 3. The molecule has 2 amide bonds. The molecule has 0 spiro atoms. The lowest BCUT2D eigenvalue weighted by Gasteiger charge is -2.23. The Morgan fingerprint density at radius 1 is 1.18 bits per heavy atom. The van der Waals surface area contributed by atoms with Gasteiger partial charge in [0.15, 0.2) is 5.82 Å². The van der Waals surface area contributed by atoms with Crippen LogP contribution in [0.5, 0.6) is 0 Å². The zero-order valence-corrected chi connectivity index (χ0v) is 20.8. The van der Waals surface area contributed by atoms with Crippen LogP contribution in [0.1, 0.15) is 28.9 Å². The lowest BCUT2D eigenvalue weighted by atomic mass is 9.97. The van der Waals surface area contributed by atoms with E-state index in [1.807, 2.05) is 6.92 Å². The molecule has 3 N–H and O–H groups in total. The monoisotopic (exact) mass is 550 g/mol. The van der Waals surface area contributed by atoms with Gasteiger partial charge in [-0.05, 0) is 78.6 Å². The molecule has 1 aliphatic rings. The van der Waals surface area contributed by atoms with Crippen molar-refractivity contribution in [1.29, 1.82) is 0 Å². The number of carbonyl (C=O) groups is 2. The maximum Gasteiger partial charge on any atom is 0.274 e. The number of aromatic nitrogens is 3. The van der Waals surface area contributed by atoms with Gasteiger partial charge in [-0.1, -0.05) is 23.2 Å². The minimum atomic E-state index is -0.447. The number of aryl methyl sites for hydroxylation is 1. The van der Waals surface area contributed by atoms with Gasteiger partial charge in [0.05, 0.1) is 16.4 Å². The number of benzene rings is 1. The van der Waals surface area contributed by atoms with Gasteiger partial charge in [-0.3, -0.25) is 9.59 Å². The standard InChI is InChI=1S/C22H21BrCl2N6O2/c1-12-9-14(24)10-16(28-21(32)13-4-7-26-8-5-13)19(12)29-22(33)17-11-18(23)30-31(17)20-15(25)3-2-6-27-20/h2-3,6,9-11,13,26H,4-5,7-8H2,1H3,(H,28,32)(H,29,33). The molecular weight excluding hydrogens is 531 g/mol. The first kappa shape index (κ1) is 23.7. The Labute approximate surface area is 209 Å². The maximum absolute atomic E-state index is 13.3. The Hall–Kier alpha value is -2.46. The molecule has 0 unspecified atom stereocenters. The highest BCUT2D eigenvalue weighted by atomic mass is 79.9. The predicted molar refractivity (Wildman–Crippen MR) is 132 cm³/mol. The van der Waals surface area contributed by atoms with E-state index in [1.54, 1.807) is 36.5 Å². The van der Waals surface area contributed by atoms with Gasteiger partial charge in [0.1, 0.15) is 10.3 Å². The SMILES string of the molecule is Cc1cc(Cl)cc(NC(=O)C2CCNCC2)c1NC(=O)c1cc(Br)nn1-c1ncccc1Cl. The van der Waals surface area contributed by atoms with Gasteiger partial charge in [-0.25, -0.2) is 9.67 Å². The van der Waals surface area contributed by atoms with Crippen LogP contribution >= 0.6 is 39.1 Å². The Morgan fingerprint density at radius 2 is 1.94 bits per heavy atom. The zero-order chi connectivity index (χ0) is 23.5. The van der Waals surface area contributed by atoms with Crippen molar-refractivity contribution in [2.45, 2.75) is 19.8 Å². The van der Waals surface area contributed by atoms with Crippen LogP contribution in [0, 0.1) is 12.8 Å². The van der Waals surface area contributed by atoms with Crippen molar-refractivity contribution in [1.82, 2.24) is 20.1 Å². The van der Waals surface area contributed by atoms with E-state index in [9.17, 15) is 9.59 Å². The maximum atomic E-state index is 13.3. The fourth-order valence-corrected chi connectivity index (χ4v) is 4.56. The van der Waals surface area contributed by atoms with E-state index >= 15 is 0 Å². The van der Waals surface area contributed by atoms with Gasteiger partial charge in [-0.2, -0.15) is 5.10 Å². The van der Waals surface area contributed by atoms with E-state index in [0.717, 1.165) is 25.9 Å². The Balaban J connectivity index is 1.64. The van der Waals surface area contributed by atoms with Crippen molar-refractivity contribution in [3.63, 3.8) is 0 Å². The van der Waals surface area contributed by atoms with Gasteiger partial charge in [0.2, 0.25) is 5.91 Å². The lowest BCUT2D eigenvalue weighted by Crippen LogP contribution is -2.34. The minimum absolute atomic E-state index is 0.0956. The largest absolute Gasteiger partial charge is 0.324 e. The molecule has 0 bridgehead atoms. The van der Waals surface area contributed by atoms with Crippen LogP contribution in [-0.2, 0) is 4.79 Å². The molecule has 11 heteroatoms. The van der Waals surface area contributed by atoms with E-state index in [0.29, 0.717) is 37.4 Å². The summed E-state index contributed by atoms with van der Waals surface area (Å²) < 4.78 is 1.81. The number of pyridine rings is 1. The normalized spacial score (nSPS) is 14.2. The van der Waals surface area contributed by atoms with Gasteiger partial charge in [-0.15, -0.1) is 0 Å². The zero-order valence-electron chi connectivity index (χ0n) is 17.7. The number of carbonyl (C=O) groups excluding carboxylic acids is 2. The first-order chi connectivity index (χ1) is 15.8. The molecule has 3 aromatic rings. The van der Waals surface area contributed by atoms with Gasteiger partial charge in [0.25, 0.3) is 5.91 Å². The van der Waals surface area contributed by atoms with Crippen LogP contribution in [0.4, 0.5) is 11.4 Å². The highest BCUT2D eigenvalue weighted by Gasteiger charge is 2.24. The highest BCUT2D eigenvalue weighted by molar-refractivity contribution is 9.10. The summed E-state index contributed by atoms with van der Waals surface area (Å²) in [5.41, 5.74) is 1.82. The molecule has 33 heavy (non-hydrogen) atoms. The first-order valence-corrected chi connectivity index (χ1v) is 11.9. The van der Waals surface area contributed by atoms with Crippen molar-refractivity contribution in [3.8, 4) is 5.82 Å². The summed E-state index contributed by atoms with van der Waals surface area (Å²) in [5, 5.41) is 14.2. The third kappa shape index (κ3) is 5.38. The number of nitrogens with zero attached hydrogens (tertiary/aromatic N) is 3. The molecule has 0 aliphatic carbocycles. The van der Waals surface area contributed by atoms with Crippen molar-refractivity contribution in [2.75, 3.05) is 23.7 Å². The molecule has 1 aliphatic heterocycles. The number of hydrogen-bond acceptors (Lipinski definition) is 5. The number of hydrogen-bond donors (Lipinski definition) is 3. The van der Waals surface area contributed by atoms with Crippen LogP contribution < -0.4 is 16.0 Å². The summed E-state index contributed by atoms with van der Waals surface area (Å²) in [6, 6.07) is 8.28. The number of nitrogens with one attached hydrogen (secondary N) is 3. The molecule has 4 rings (SSSR count). The first-order valence-electron chi connectivity index (χ1n) is 10.3. The second-order valence-corrected chi connectivity index (χ2v) is 9.34. The number of rotatable bonds is 5. The van der Waals surface area contributed by atoms with E-state index in [4.69, 9.17) is 23.2 Å². The quantitative estimate of drug-likeness (QED) is 0.421. The van der Waals surface area contributed by atoms with E-state index < -0.39 is 5.91 Å². The van der Waals surface area contributed by atoms with Crippen LogP contribution in [0.15, 0.2) is 41.1 Å². The molecule has 0 radical (unpaired) electrons. The van der Waals surface area contributed by atoms with E-state index in [1.165, 1.54) is 4.68 Å². The van der Waals surface area contributed by atoms with Crippen molar-refractivity contribution < 1.29 is 9.59 Å². The third-order valence-corrected chi connectivity index (χ3v) is 6.26. The van der Waals surface area contributed by atoms with Crippen molar-refractivity contribution in [3.05, 3.63) is 62.4 Å². The molecule has 2 aromatic heterocycles. The Morgan fingerprint density at radius 3 is 2.67 bits per heavy atom. The molecule has 3 heterocycles. The summed E-state index contributed by atoms with van der Waals surface area (Å²) in [7, 11) is 0. The van der Waals surface area contributed by atoms with Crippen LogP contribution in [0.2, 0.25) is 10.0 Å². The lowest BCUT2D eigenvalue weighted by molar-refractivity contribution is -0.120. The summed E-state index contributed by atoms with van der Waals surface area (Å²) in [5.74, 6) is -0.320. The molecule has 1 fully saturated rings. The number of amides is 2. The molecule has 172 valence electrons. The minimum Gasteiger partial charge on any atom is -0.324 e. The van der Waals surface area contributed by atoms with Gasteiger partial charge >= 0.3 is 0 Å². The van der Waals surface area contributed by atoms with Gasteiger partial charge < -0.3 is 16.0 Å².